The highest BCUT2D eigenvalue weighted by molar-refractivity contribution is 5.27. The van der Waals surface area contributed by atoms with E-state index in [1.165, 1.54) is 0 Å². The Labute approximate surface area is 62.1 Å². The molecule has 0 atom stereocenters. The van der Waals surface area contributed by atoms with Crippen molar-refractivity contribution in [1.29, 1.82) is 5.26 Å². The van der Waals surface area contributed by atoms with Crippen molar-refractivity contribution in [2.24, 2.45) is 0 Å². The number of rotatable bonds is 2. The zero-order chi connectivity index (χ0) is 8.15. The van der Waals surface area contributed by atoms with Crippen LogP contribution in [0, 0.1) is 11.3 Å². The summed E-state index contributed by atoms with van der Waals surface area (Å²) in [5.41, 5.74) is 1.53. The molecule has 0 bridgehead atoms. The molecule has 2 heteroatoms. The highest BCUT2D eigenvalue weighted by Crippen LogP contribution is 2.00. The van der Waals surface area contributed by atoms with Gasteiger partial charge in [-0.25, -0.2) is 0 Å². The predicted molar refractivity (Wildman–Crippen MR) is 42.2 cm³/mol. The average Bonchev–Trinajstić information content (AvgIpc) is 1.81. The van der Waals surface area contributed by atoms with Crippen molar-refractivity contribution in [1.82, 2.24) is 4.90 Å². The molecule has 0 aliphatic carbocycles. The summed E-state index contributed by atoms with van der Waals surface area (Å²) in [4.78, 5) is 1.76. The van der Waals surface area contributed by atoms with E-state index in [1.807, 2.05) is 21.0 Å². The molecular formula is C8H12N2. The third kappa shape index (κ3) is 2.93. The fraction of sp³-hybridized carbons (Fsp3) is 0.375. The van der Waals surface area contributed by atoms with Gasteiger partial charge in [-0.1, -0.05) is 12.2 Å². The van der Waals surface area contributed by atoms with Gasteiger partial charge in [-0.05, 0) is 13.0 Å². The van der Waals surface area contributed by atoms with Crippen LogP contribution in [0.25, 0.3) is 0 Å². The molecule has 0 saturated heterocycles. The fourth-order valence-corrected chi connectivity index (χ4v) is 0.495. The van der Waals surface area contributed by atoms with Gasteiger partial charge in [-0.2, -0.15) is 5.26 Å². The molecule has 10 heavy (non-hydrogen) atoms. The first-order valence-electron chi connectivity index (χ1n) is 3.02. The molecule has 0 aliphatic rings. The molecule has 0 aromatic heterocycles. The summed E-state index contributed by atoms with van der Waals surface area (Å²) in [6, 6.07) is 2.06. The Morgan fingerprint density at radius 1 is 1.60 bits per heavy atom. The Bertz CT molecular complexity index is 194. The lowest BCUT2D eigenvalue weighted by atomic mass is 10.3. The summed E-state index contributed by atoms with van der Waals surface area (Å²) < 4.78 is 0. The SMILES string of the molecule is C=C(C)/C=C(/C#N)N(C)C. The molecule has 0 amide bonds. The van der Waals surface area contributed by atoms with Crippen LogP contribution in [0.5, 0.6) is 0 Å². The van der Waals surface area contributed by atoms with Crippen LogP contribution in [0.1, 0.15) is 6.92 Å². The van der Waals surface area contributed by atoms with E-state index in [0.29, 0.717) is 5.70 Å². The van der Waals surface area contributed by atoms with Gasteiger partial charge in [-0.3, -0.25) is 0 Å². The van der Waals surface area contributed by atoms with Crippen molar-refractivity contribution in [3.05, 3.63) is 23.9 Å². The van der Waals surface area contributed by atoms with Crippen LogP contribution < -0.4 is 0 Å². The number of hydrogen-bond acceptors (Lipinski definition) is 2. The van der Waals surface area contributed by atoms with E-state index < -0.39 is 0 Å². The van der Waals surface area contributed by atoms with Crippen LogP contribution >= 0.6 is 0 Å². The Morgan fingerprint density at radius 3 is 2.20 bits per heavy atom. The van der Waals surface area contributed by atoms with Gasteiger partial charge >= 0.3 is 0 Å². The van der Waals surface area contributed by atoms with E-state index in [9.17, 15) is 0 Å². The third-order valence-electron chi connectivity index (χ3n) is 0.979. The molecular weight excluding hydrogens is 124 g/mol. The summed E-state index contributed by atoms with van der Waals surface area (Å²) in [6.07, 6.45) is 1.75. The van der Waals surface area contributed by atoms with Crippen LogP contribution in [0.3, 0.4) is 0 Å². The summed E-state index contributed by atoms with van der Waals surface area (Å²) in [6.45, 7) is 5.53. The van der Waals surface area contributed by atoms with Crippen molar-refractivity contribution in [3.8, 4) is 6.07 Å². The standard InChI is InChI=1S/C8H12N2/c1-7(2)5-8(6-9)10(3)4/h5H,1H2,2-4H3/b8-5-. The van der Waals surface area contributed by atoms with Crippen LogP contribution in [0.15, 0.2) is 23.9 Å². The van der Waals surface area contributed by atoms with Gasteiger partial charge in [0.2, 0.25) is 0 Å². The predicted octanol–water partition coefficient (Wildman–Crippen LogP) is 1.53. The molecule has 0 unspecified atom stereocenters. The van der Waals surface area contributed by atoms with Crippen LogP contribution in [0.4, 0.5) is 0 Å². The van der Waals surface area contributed by atoms with Crippen LogP contribution in [0.2, 0.25) is 0 Å². The molecule has 0 aromatic rings. The molecule has 54 valence electrons. The van der Waals surface area contributed by atoms with Gasteiger partial charge in [0.15, 0.2) is 0 Å². The highest BCUT2D eigenvalue weighted by atomic mass is 15.1. The van der Waals surface area contributed by atoms with Crippen molar-refractivity contribution >= 4 is 0 Å². The lowest BCUT2D eigenvalue weighted by molar-refractivity contribution is 0.533. The van der Waals surface area contributed by atoms with Crippen molar-refractivity contribution < 1.29 is 0 Å². The minimum atomic E-state index is 0.632. The first-order valence-corrected chi connectivity index (χ1v) is 3.02. The van der Waals surface area contributed by atoms with Gasteiger partial charge in [0.25, 0.3) is 0 Å². The zero-order valence-electron chi connectivity index (χ0n) is 6.68. The number of hydrogen-bond donors (Lipinski definition) is 0. The van der Waals surface area contributed by atoms with E-state index in [1.54, 1.807) is 11.0 Å². The third-order valence-corrected chi connectivity index (χ3v) is 0.979. The van der Waals surface area contributed by atoms with Crippen molar-refractivity contribution in [2.45, 2.75) is 6.92 Å². The maximum Gasteiger partial charge on any atom is 0.117 e. The number of nitriles is 1. The monoisotopic (exact) mass is 136 g/mol. The molecule has 2 nitrogen and oxygen atoms in total. The molecule has 0 radical (unpaired) electrons. The normalized spacial score (nSPS) is 10.4. The van der Waals surface area contributed by atoms with Gasteiger partial charge in [0, 0.05) is 14.1 Å². The molecule has 0 aromatic carbocycles. The molecule has 0 N–H and O–H groups in total. The average molecular weight is 136 g/mol. The summed E-state index contributed by atoms with van der Waals surface area (Å²) in [5.74, 6) is 0. The lowest BCUT2D eigenvalue weighted by Gasteiger charge is -2.08. The topological polar surface area (TPSA) is 27.0 Å². The summed E-state index contributed by atoms with van der Waals surface area (Å²) in [5, 5.41) is 8.54. The molecule has 0 spiro atoms. The zero-order valence-corrected chi connectivity index (χ0v) is 6.68. The second-order valence-electron chi connectivity index (χ2n) is 2.38. The molecule has 0 fully saturated rings. The van der Waals surface area contributed by atoms with Crippen LogP contribution in [-0.4, -0.2) is 19.0 Å². The second kappa shape index (κ2) is 3.73. The Hall–Kier alpha value is -1.23. The van der Waals surface area contributed by atoms with E-state index >= 15 is 0 Å². The molecule has 0 heterocycles. The fourth-order valence-electron chi connectivity index (χ4n) is 0.495. The second-order valence-corrected chi connectivity index (χ2v) is 2.38. The first kappa shape index (κ1) is 8.77. The maximum atomic E-state index is 8.54. The largest absolute Gasteiger partial charge is 0.369 e. The Morgan fingerprint density at radius 2 is 2.10 bits per heavy atom. The molecule has 0 aliphatic heterocycles. The summed E-state index contributed by atoms with van der Waals surface area (Å²) in [7, 11) is 3.66. The van der Waals surface area contributed by atoms with Gasteiger partial charge < -0.3 is 4.90 Å². The van der Waals surface area contributed by atoms with Crippen molar-refractivity contribution in [3.63, 3.8) is 0 Å². The Balaban J connectivity index is 4.38. The minimum Gasteiger partial charge on any atom is -0.369 e. The van der Waals surface area contributed by atoms with Crippen LogP contribution in [-0.2, 0) is 0 Å². The lowest BCUT2D eigenvalue weighted by Crippen LogP contribution is -2.09. The Kier molecular flexibility index (Phi) is 3.27. The van der Waals surface area contributed by atoms with Gasteiger partial charge in [0.1, 0.15) is 11.8 Å². The van der Waals surface area contributed by atoms with E-state index in [-0.39, 0.29) is 0 Å². The van der Waals surface area contributed by atoms with Crippen molar-refractivity contribution in [2.75, 3.05) is 14.1 Å². The van der Waals surface area contributed by atoms with Gasteiger partial charge in [0.05, 0.1) is 0 Å². The summed E-state index contributed by atoms with van der Waals surface area (Å²) >= 11 is 0. The highest BCUT2D eigenvalue weighted by Gasteiger charge is 1.94. The number of nitrogens with zero attached hydrogens (tertiary/aromatic N) is 2. The van der Waals surface area contributed by atoms with E-state index in [0.717, 1.165) is 5.57 Å². The molecule has 0 rings (SSSR count). The first-order chi connectivity index (χ1) is 4.57. The number of allylic oxidation sites excluding steroid dienone is 3. The smallest absolute Gasteiger partial charge is 0.117 e. The van der Waals surface area contributed by atoms with E-state index in [4.69, 9.17) is 5.26 Å². The maximum absolute atomic E-state index is 8.54. The minimum absolute atomic E-state index is 0.632. The van der Waals surface area contributed by atoms with Gasteiger partial charge in [-0.15, -0.1) is 0 Å². The van der Waals surface area contributed by atoms with E-state index in [2.05, 4.69) is 12.6 Å². The quantitative estimate of drug-likeness (QED) is 0.425. The molecule has 0 saturated carbocycles.